The second-order valence-corrected chi connectivity index (χ2v) is 5.45. The largest absolute Gasteiger partial charge is 0.444 e. The second-order valence-electron chi connectivity index (χ2n) is 5.45. The Hall–Kier alpha value is -0.810. The number of hydrogen-bond acceptors (Lipinski definition) is 4. The lowest BCUT2D eigenvalue weighted by Crippen LogP contribution is -2.42. The Bertz CT molecular complexity index is 236. The first kappa shape index (κ1) is 16.2. The average Bonchev–Trinajstić information content (AvgIpc) is 2.14. The van der Waals surface area contributed by atoms with Gasteiger partial charge in [0, 0.05) is 19.1 Å². The van der Waals surface area contributed by atoms with Crippen LogP contribution in [-0.4, -0.2) is 46.9 Å². The summed E-state index contributed by atoms with van der Waals surface area (Å²) in [4.78, 5) is 13.5. The molecule has 0 bridgehead atoms. The van der Waals surface area contributed by atoms with Crippen LogP contribution in [0, 0.1) is 0 Å². The summed E-state index contributed by atoms with van der Waals surface area (Å²) in [6, 6.07) is 0.0369. The maximum Gasteiger partial charge on any atom is 0.410 e. The van der Waals surface area contributed by atoms with E-state index in [0.29, 0.717) is 13.0 Å². The lowest BCUT2D eigenvalue weighted by atomic mass is 10.2. The van der Waals surface area contributed by atoms with Crippen molar-refractivity contribution in [2.45, 2.75) is 58.8 Å². The standard InChI is InChI=1S/C12H26N2O3/c1-9(2)14(7-6-10(15)8-13)11(16)17-12(3,4)5/h9-10,15H,6-8,13H2,1-5H3. The van der Waals surface area contributed by atoms with Crippen LogP contribution < -0.4 is 5.73 Å². The molecule has 3 N–H and O–H groups in total. The van der Waals surface area contributed by atoms with Gasteiger partial charge in [-0.1, -0.05) is 0 Å². The maximum atomic E-state index is 11.9. The van der Waals surface area contributed by atoms with E-state index in [-0.39, 0.29) is 18.7 Å². The Kier molecular flexibility index (Phi) is 6.49. The molecule has 102 valence electrons. The molecule has 0 aliphatic rings. The molecular formula is C12H26N2O3. The summed E-state index contributed by atoms with van der Waals surface area (Å²) >= 11 is 0. The normalized spacial score (nSPS) is 13.6. The summed E-state index contributed by atoms with van der Waals surface area (Å²) in [5, 5.41) is 9.40. The predicted octanol–water partition coefficient (Wildman–Crippen LogP) is 1.34. The third kappa shape index (κ3) is 7.18. The van der Waals surface area contributed by atoms with E-state index in [4.69, 9.17) is 10.5 Å². The lowest BCUT2D eigenvalue weighted by molar-refractivity contribution is 0.0162. The Morgan fingerprint density at radius 3 is 2.29 bits per heavy atom. The van der Waals surface area contributed by atoms with Crippen molar-refractivity contribution in [2.24, 2.45) is 5.73 Å². The number of carbonyl (C=O) groups excluding carboxylic acids is 1. The van der Waals surface area contributed by atoms with Crippen LogP contribution in [0.3, 0.4) is 0 Å². The van der Waals surface area contributed by atoms with Crippen LogP contribution in [0.1, 0.15) is 41.0 Å². The van der Waals surface area contributed by atoms with Crippen LogP contribution in [0.4, 0.5) is 4.79 Å². The Balaban J connectivity index is 4.37. The van der Waals surface area contributed by atoms with Gasteiger partial charge in [0.1, 0.15) is 5.60 Å². The molecule has 1 amide bonds. The van der Waals surface area contributed by atoms with E-state index in [1.165, 1.54) is 0 Å². The third-order valence-electron chi connectivity index (χ3n) is 2.23. The predicted molar refractivity (Wildman–Crippen MR) is 67.8 cm³/mol. The molecule has 5 nitrogen and oxygen atoms in total. The Labute approximate surface area is 104 Å². The van der Waals surface area contributed by atoms with Crippen molar-refractivity contribution < 1.29 is 14.6 Å². The van der Waals surface area contributed by atoms with E-state index in [2.05, 4.69) is 0 Å². The highest BCUT2D eigenvalue weighted by Gasteiger charge is 2.24. The number of carbonyl (C=O) groups is 1. The molecule has 0 spiro atoms. The zero-order chi connectivity index (χ0) is 13.6. The van der Waals surface area contributed by atoms with E-state index >= 15 is 0 Å². The molecule has 0 aromatic heterocycles. The highest BCUT2D eigenvalue weighted by atomic mass is 16.6. The summed E-state index contributed by atoms with van der Waals surface area (Å²) in [5.41, 5.74) is 4.82. The Morgan fingerprint density at radius 2 is 1.94 bits per heavy atom. The molecule has 0 heterocycles. The van der Waals surface area contributed by atoms with Gasteiger partial charge >= 0.3 is 6.09 Å². The van der Waals surface area contributed by atoms with E-state index < -0.39 is 11.7 Å². The molecule has 0 saturated heterocycles. The summed E-state index contributed by atoms with van der Waals surface area (Å²) in [5.74, 6) is 0. The molecule has 5 heteroatoms. The van der Waals surface area contributed by atoms with Gasteiger partial charge in [-0.3, -0.25) is 0 Å². The van der Waals surface area contributed by atoms with Gasteiger partial charge in [-0.15, -0.1) is 0 Å². The summed E-state index contributed by atoms with van der Waals surface area (Å²) in [7, 11) is 0. The number of aliphatic hydroxyl groups excluding tert-OH is 1. The van der Waals surface area contributed by atoms with Gasteiger partial charge in [0.15, 0.2) is 0 Å². The Morgan fingerprint density at radius 1 is 1.41 bits per heavy atom. The van der Waals surface area contributed by atoms with Crippen molar-refractivity contribution in [1.82, 2.24) is 4.90 Å². The second kappa shape index (κ2) is 6.81. The first-order valence-corrected chi connectivity index (χ1v) is 6.05. The molecule has 0 radical (unpaired) electrons. The third-order valence-corrected chi connectivity index (χ3v) is 2.23. The maximum absolute atomic E-state index is 11.9. The zero-order valence-corrected chi connectivity index (χ0v) is 11.6. The highest BCUT2D eigenvalue weighted by Crippen LogP contribution is 2.12. The van der Waals surface area contributed by atoms with Gasteiger partial charge in [-0.25, -0.2) is 4.79 Å². The van der Waals surface area contributed by atoms with Gasteiger partial charge in [0.25, 0.3) is 0 Å². The first-order valence-electron chi connectivity index (χ1n) is 6.05. The highest BCUT2D eigenvalue weighted by molar-refractivity contribution is 5.68. The summed E-state index contributed by atoms with van der Waals surface area (Å²) in [6.45, 7) is 9.98. The average molecular weight is 246 g/mol. The topological polar surface area (TPSA) is 75.8 Å². The lowest BCUT2D eigenvalue weighted by Gasteiger charge is -2.30. The monoisotopic (exact) mass is 246 g/mol. The molecule has 0 aliphatic carbocycles. The molecule has 0 rings (SSSR count). The van der Waals surface area contributed by atoms with Crippen molar-refractivity contribution in [3.8, 4) is 0 Å². The van der Waals surface area contributed by atoms with Gasteiger partial charge in [-0.05, 0) is 41.0 Å². The van der Waals surface area contributed by atoms with Crippen molar-refractivity contribution in [1.29, 1.82) is 0 Å². The summed E-state index contributed by atoms with van der Waals surface area (Å²) in [6.07, 6.45) is -0.455. The molecule has 1 unspecified atom stereocenters. The molecule has 0 fully saturated rings. The molecular weight excluding hydrogens is 220 g/mol. The summed E-state index contributed by atoms with van der Waals surface area (Å²) < 4.78 is 5.30. The molecule has 0 aliphatic heterocycles. The number of nitrogens with zero attached hydrogens (tertiary/aromatic N) is 1. The zero-order valence-electron chi connectivity index (χ0n) is 11.6. The minimum Gasteiger partial charge on any atom is -0.444 e. The fraction of sp³-hybridized carbons (Fsp3) is 0.917. The molecule has 0 aromatic rings. The smallest absolute Gasteiger partial charge is 0.410 e. The fourth-order valence-electron chi connectivity index (χ4n) is 1.29. The van der Waals surface area contributed by atoms with Crippen molar-refractivity contribution >= 4 is 6.09 Å². The number of amides is 1. The van der Waals surface area contributed by atoms with Crippen LogP contribution in [0.5, 0.6) is 0 Å². The fourth-order valence-corrected chi connectivity index (χ4v) is 1.29. The number of aliphatic hydroxyl groups is 1. The molecule has 17 heavy (non-hydrogen) atoms. The van der Waals surface area contributed by atoms with Crippen molar-refractivity contribution in [3.63, 3.8) is 0 Å². The van der Waals surface area contributed by atoms with E-state index in [1.807, 2.05) is 34.6 Å². The molecule has 0 aromatic carbocycles. The van der Waals surface area contributed by atoms with E-state index in [1.54, 1.807) is 4.90 Å². The van der Waals surface area contributed by atoms with Gasteiger partial charge in [-0.2, -0.15) is 0 Å². The first-order chi connectivity index (χ1) is 7.67. The van der Waals surface area contributed by atoms with Crippen molar-refractivity contribution in [3.05, 3.63) is 0 Å². The van der Waals surface area contributed by atoms with Crippen LogP contribution >= 0.6 is 0 Å². The van der Waals surface area contributed by atoms with Crippen LogP contribution in [0.2, 0.25) is 0 Å². The minimum atomic E-state index is -0.571. The van der Waals surface area contributed by atoms with Crippen LogP contribution in [-0.2, 0) is 4.74 Å². The SMILES string of the molecule is CC(C)N(CCC(O)CN)C(=O)OC(C)(C)C. The van der Waals surface area contributed by atoms with Gasteiger partial charge < -0.3 is 20.5 Å². The molecule has 0 saturated carbocycles. The molecule has 1 atom stereocenters. The van der Waals surface area contributed by atoms with Crippen LogP contribution in [0.15, 0.2) is 0 Å². The quantitative estimate of drug-likeness (QED) is 0.767. The van der Waals surface area contributed by atoms with Gasteiger partial charge in [0.05, 0.1) is 6.10 Å². The van der Waals surface area contributed by atoms with E-state index in [0.717, 1.165) is 0 Å². The number of rotatable bonds is 5. The number of nitrogens with two attached hydrogens (primary N) is 1. The number of ether oxygens (including phenoxy) is 1. The van der Waals surface area contributed by atoms with Crippen molar-refractivity contribution in [2.75, 3.05) is 13.1 Å². The van der Waals surface area contributed by atoms with Crippen LogP contribution in [0.25, 0.3) is 0 Å². The number of hydrogen-bond donors (Lipinski definition) is 2. The minimum absolute atomic E-state index is 0.0369. The van der Waals surface area contributed by atoms with Gasteiger partial charge in [0.2, 0.25) is 0 Å². The van der Waals surface area contributed by atoms with E-state index in [9.17, 15) is 9.90 Å².